The predicted octanol–water partition coefficient (Wildman–Crippen LogP) is 10.0. The maximum Gasteiger partial charge on any atom is 0.220 e. The molecule has 4 N–H and O–H groups in total. The minimum absolute atomic E-state index is 0.171. The van der Waals surface area contributed by atoms with E-state index >= 15 is 0 Å². The zero-order valence-electron chi connectivity index (χ0n) is 29.0. The van der Waals surface area contributed by atoms with Crippen LogP contribution in [0.5, 0.6) is 0 Å². The smallest absolute Gasteiger partial charge is 0.220 e. The van der Waals surface area contributed by atoms with E-state index < -0.39 is 18.2 Å². The third-order valence-corrected chi connectivity index (χ3v) is 8.44. The zero-order chi connectivity index (χ0) is 32.4. The molecule has 0 radical (unpaired) electrons. The van der Waals surface area contributed by atoms with Crippen molar-refractivity contribution < 1.29 is 20.1 Å². The molecule has 0 saturated carbocycles. The normalized spacial score (nSPS) is 14.2. The van der Waals surface area contributed by atoms with Crippen LogP contribution in [0.15, 0.2) is 36.5 Å². The molecule has 5 heteroatoms. The second-order valence-electron chi connectivity index (χ2n) is 12.8. The molecule has 44 heavy (non-hydrogen) atoms. The molecule has 0 heterocycles. The lowest BCUT2D eigenvalue weighted by atomic mass is 10.0. The number of nitrogens with one attached hydrogen (secondary N) is 1. The first-order valence-corrected chi connectivity index (χ1v) is 18.8. The summed E-state index contributed by atoms with van der Waals surface area (Å²) >= 11 is 0. The topological polar surface area (TPSA) is 89.8 Å². The number of aliphatic hydroxyl groups excluding tert-OH is 3. The van der Waals surface area contributed by atoms with Gasteiger partial charge < -0.3 is 20.6 Å². The monoisotopic (exact) mass is 620 g/mol. The van der Waals surface area contributed by atoms with E-state index in [1.165, 1.54) is 103 Å². The van der Waals surface area contributed by atoms with Crippen LogP contribution >= 0.6 is 0 Å². The molecule has 3 unspecified atom stereocenters. The SMILES string of the molecule is CCCCC/C=C\CCCCCCCC(=O)NC(CO)C(O)C(O)CCC/C=C/CC/C=C/CCCCCCCCCCC. The highest BCUT2D eigenvalue weighted by atomic mass is 16.3. The molecule has 0 fully saturated rings. The third kappa shape index (κ3) is 29.3. The number of carbonyl (C=O) groups excluding carboxylic acids is 1. The van der Waals surface area contributed by atoms with Gasteiger partial charge in [0.15, 0.2) is 0 Å². The van der Waals surface area contributed by atoms with Crippen molar-refractivity contribution >= 4 is 5.91 Å². The highest BCUT2D eigenvalue weighted by molar-refractivity contribution is 5.76. The Balaban J connectivity index is 3.78. The lowest BCUT2D eigenvalue weighted by Gasteiger charge is -2.26. The standard InChI is InChI=1S/C39H73NO4/c1-3-5-7-9-11-13-15-17-18-19-20-21-22-23-25-27-29-31-33-37(42)39(44)36(35-41)40-38(43)34-32-30-28-26-24-16-14-12-10-8-6-4-2/h12,14,20-21,25,27,36-37,39,41-42,44H,3-11,13,15-19,22-24,26,28-35H2,1-2H3,(H,40,43)/b14-12-,21-20+,27-25+. The zero-order valence-corrected chi connectivity index (χ0v) is 29.0. The minimum Gasteiger partial charge on any atom is -0.394 e. The number of unbranched alkanes of at least 4 members (excludes halogenated alkanes) is 19. The van der Waals surface area contributed by atoms with Crippen molar-refractivity contribution in [3.05, 3.63) is 36.5 Å². The van der Waals surface area contributed by atoms with Gasteiger partial charge in [-0.25, -0.2) is 0 Å². The summed E-state index contributed by atoms with van der Waals surface area (Å²) in [6, 6.07) is -0.834. The molecule has 0 aromatic rings. The van der Waals surface area contributed by atoms with Crippen molar-refractivity contribution in [3.63, 3.8) is 0 Å². The van der Waals surface area contributed by atoms with Crippen LogP contribution < -0.4 is 5.32 Å². The van der Waals surface area contributed by atoms with Crippen LogP contribution in [0.3, 0.4) is 0 Å². The summed E-state index contributed by atoms with van der Waals surface area (Å²) in [5.41, 5.74) is 0. The Morgan fingerprint density at radius 1 is 0.545 bits per heavy atom. The summed E-state index contributed by atoms with van der Waals surface area (Å²) in [6.07, 6.45) is 40.9. The Bertz CT molecular complexity index is 690. The van der Waals surface area contributed by atoms with Crippen LogP contribution in [-0.4, -0.2) is 46.1 Å². The first kappa shape index (κ1) is 42.6. The Kier molecular flexibility index (Phi) is 33.3. The van der Waals surface area contributed by atoms with Crippen LogP contribution in [0.25, 0.3) is 0 Å². The molecular weight excluding hydrogens is 546 g/mol. The second-order valence-corrected chi connectivity index (χ2v) is 12.8. The Labute approximate surface area is 273 Å². The van der Waals surface area contributed by atoms with Gasteiger partial charge in [0.05, 0.1) is 18.8 Å². The maximum atomic E-state index is 12.3. The summed E-state index contributed by atoms with van der Waals surface area (Å²) in [5.74, 6) is -0.171. The van der Waals surface area contributed by atoms with E-state index in [1.807, 2.05) is 0 Å². The van der Waals surface area contributed by atoms with Gasteiger partial charge in [-0.2, -0.15) is 0 Å². The van der Waals surface area contributed by atoms with E-state index in [0.717, 1.165) is 51.4 Å². The summed E-state index contributed by atoms with van der Waals surface area (Å²) in [6.45, 7) is 4.11. The van der Waals surface area contributed by atoms with Gasteiger partial charge in [-0.15, -0.1) is 0 Å². The molecule has 0 aliphatic rings. The van der Waals surface area contributed by atoms with Crippen molar-refractivity contribution in [1.29, 1.82) is 0 Å². The molecule has 258 valence electrons. The van der Waals surface area contributed by atoms with Gasteiger partial charge in [-0.1, -0.05) is 134 Å². The number of amides is 1. The second kappa shape index (κ2) is 34.4. The van der Waals surface area contributed by atoms with E-state index in [1.54, 1.807) is 0 Å². The molecule has 0 spiro atoms. The third-order valence-electron chi connectivity index (χ3n) is 8.44. The lowest BCUT2D eigenvalue weighted by molar-refractivity contribution is -0.124. The summed E-state index contributed by atoms with van der Waals surface area (Å²) in [4.78, 5) is 12.3. The molecule has 0 aromatic heterocycles. The first-order chi connectivity index (χ1) is 21.6. The van der Waals surface area contributed by atoms with Crippen LogP contribution in [0.4, 0.5) is 0 Å². The van der Waals surface area contributed by atoms with E-state index in [4.69, 9.17) is 0 Å². The Morgan fingerprint density at radius 3 is 1.43 bits per heavy atom. The number of hydrogen-bond acceptors (Lipinski definition) is 4. The van der Waals surface area contributed by atoms with Crippen LogP contribution in [-0.2, 0) is 4.79 Å². The quantitative estimate of drug-likeness (QED) is 0.0435. The molecule has 1 amide bonds. The maximum absolute atomic E-state index is 12.3. The Morgan fingerprint density at radius 2 is 0.932 bits per heavy atom. The van der Waals surface area contributed by atoms with Gasteiger partial charge in [0.2, 0.25) is 5.91 Å². The van der Waals surface area contributed by atoms with Crippen molar-refractivity contribution in [2.24, 2.45) is 0 Å². The molecule has 0 aliphatic heterocycles. The van der Waals surface area contributed by atoms with Gasteiger partial charge in [-0.05, 0) is 77.0 Å². The average molecular weight is 620 g/mol. The van der Waals surface area contributed by atoms with Crippen molar-refractivity contribution in [3.8, 4) is 0 Å². The van der Waals surface area contributed by atoms with Crippen molar-refractivity contribution in [2.45, 2.75) is 199 Å². The summed E-state index contributed by atoms with van der Waals surface area (Å²) in [5, 5.41) is 33.3. The molecule has 0 aliphatic carbocycles. The number of hydrogen-bond donors (Lipinski definition) is 4. The molecule has 0 aromatic carbocycles. The lowest BCUT2D eigenvalue weighted by Crippen LogP contribution is -2.50. The molecule has 0 bridgehead atoms. The summed E-state index contributed by atoms with van der Waals surface area (Å²) < 4.78 is 0. The van der Waals surface area contributed by atoms with Crippen LogP contribution in [0.2, 0.25) is 0 Å². The predicted molar refractivity (Wildman–Crippen MR) is 190 cm³/mol. The van der Waals surface area contributed by atoms with Crippen LogP contribution in [0.1, 0.15) is 181 Å². The largest absolute Gasteiger partial charge is 0.394 e. The van der Waals surface area contributed by atoms with Gasteiger partial charge in [0.25, 0.3) is 0 Å². The highest BCUT2D eigenvalue weighted by Gasteiger charge is 2.26. The first-order valence-electron chi connectivity index (χ1n) is 18.8. The fraction of sp³-hybridized carbons (Fsp3) is 0.821. The van der Waals surface area contributed by atoms with Crippen molar-refractivity contribution in [1.82, 2.24) is 5.32 Å². The minimum atomic E-state index is -1.17. The summed E-state index contributed by atoms with van der Waals surface area (Å²) in [7, 11) is 0. The van der Waals surface area contributed by atoms with Crippen LogP contribution in [0, 0.1) is 0 Å². The molecule has 0 rings (SSSR count). The molecule has 3 atom stereocenters. The average Bonchev–Trinajstić information content (AvgIpc) is 3.03. The van der Waals surface area contributed by atoms with Gasteiger partial charge in [0, 0.05) is 6.42 Å². The highest BCUT2D eigenvalue weighted by Crippen LogP contribution is 2.13. The van der Waals surface area contributed by atoms with Gasteiger partial charge in [0.1, 0.15) is 6.10 Å². The van der Waals surface area contributed by atoms with Crippen molar-refractivity contribution in [2.75, 3.05) is 6.61 Å². The van der Waals surface area contributed by atoms with E-state index in [9.17, 15) is 20.1 Å². The number of rotatable bonds is 33. The number of aliphatic hydroxyl groups is 3. The fourth-order valence-electron chi connectivity index (χ4n) is 5.46. The number of allylic oxidation sites excluding steroid dienone is 6. The molecule has 5 nitrogen and oxygen atoms in total. The number of carbonyl (C=O) groups is 1. The van der Waals surface area contributed by atoms with E-state index in [0.29, 0.717) is 12.8 Å². The van der Waals surface area contributed by atoms with E-state index in [-0.39, 0.29) is 12.5 Å². The molecule has 0 saturated heterocycles. The van der Waals surface area contributed by atoms with Gasteiger partial charge >= 0.3 is 0 Å². The van der Waals surface area contributed by atoms with E-state index in [2.05, 4.69) is 55.6 Å². The Hall–Kier alpha value is -1.43. The molecular formula is C39H73NO4. The fourth-order valence-corrected chi connectivity index (χ4v) is 5.46. The van der Waals surface area contributed by atoms with Gasteiger partial charge in [-0.3, -0.25) is 4.79 Å².